The van der Waals surface area contributed by atoms with Crippen LogP contribution in [0.25, 0.3) is 0 Å². The Bertz CT molecular complexity index is 205. The molecule has 2 heteroatoms. The summed E-state index contributed by atoms with van der Waals surface area (Å²) < 4.78 is 0. The lowest BCUT2D eigenvalue weighted by Crippen LogP contribution is -2.29. The van der Waals surface area contributed by atoms with Crippen LogP contribution in [0.5, 0.6) is 0 Å². The third-order valence-corrected chi connectivity index (χ3v) is 8.09. The zero-order chi connectivity index (χ0) is 11.5. The third-order valence-electron chi connectivity index (χ3n) is 5.01. The van der Waals surface area contributed by atoms with Gasteiger partial charge in [-0.25, -0.2) is 0 Å². The monoisotopic (exact) mass is 270 g/mol. The zero-order valence-electron chi connectivity index (χ0n) is 10.9. The van der Waals surface area contributed by atoms with Crippen LogP contribution >= 0.6 is 23.5 Å². The van der Waals surface area contributed by atoms with Crippen LogP contribution in [0.4, 0.5) is 0 Å². The zero-order valence-corrected chi connectivity index (χ0v) is 12.5. The molecule has 3 aliphatic rings. The summed E-state index contributed by atoms with van der Waals surface area (Å²) in [6, 6.07) is 0. The fraction of sp³-hybridized carbons (Fsp3) is 1.00. The highest BCUT2D eigenvalue weighted by Crippen LogP contribution is 2.47. The van der Waals surface area contributed by atoms with E-state index in [4.69, 9.17) is 0 Å². The highest BCUT2D eigenvalue weighted by Gasteiger charge is 2.37. The highest BCUT2D eigenvalue weighted by molar-refractivity contribution is 8.00. The molecule has 0 aromatic carbocycles. The number of rotatable bonds is 2. The van der Waals surface area contributed by atoms with Gasteiger partial charge in [-0.05, 0) is 61.9 Å². The van der Waals surface area contributed by atoms with E-state index in [2.05, 4.69) is 23.5 Å². The highest BCUT2D eigenvalue weighted by atomic mass is 32.2. The summed E-state index contributed by atoms with van der Waals surface area (Å²) in [4.78, 5) is 0. The van der Waals surface area contributed by atoms with E-state index < -0.39 is 0 Å². The van der Waals surface area contributed by atoms with Crippen molar-refractivity contribution in [3.05, 3.63) is 0 Å². The van der Waals surface area contributed by atoms with Gasteiger partial charge in [0.15, 0.2) is 0 Å². The Labute approximate surface area is 115 Å². The molecule has 2 saturated heterocycles. The first-order valence-electron chi connectivity index (χ1n) is 7.68. The van der Waals surface area contributed by atoms with E-state index in [1.165, 1.54) is 56.5 Å². The molecule has 0 nitrogen and oxygen atoms in total. The molecule has 2 heterocycles. The van der Waals surface area contributed by atoms with Crippen LogP contribution in [0.3, 0.4) is 0 Å². The molecule has 3 fully saturated rings. The molecule has 1 aliphatic carbocycles. The first-order valence-corrected chi connectivity index (χ1v) is 9.78. The van der Waals surface area contributed by atoms with Gasteiger partial charge in [-0.15, -0.1) is 0 Å². The van der Waals surface area contributed by atoms with E-state index in [0.717, 1.165) is 22.3 Å². The third kappa shape index (κ3) is 3.00. The number of hydrogen-bond acceptors (Lipinski definition) is 2. The number of thioether (sulfide) groups is 2. The normalized spacial score (nSPS) is 43.8. The minimum atomic E-state index is 1.04. The SMILES string of the molecule is C1CCC(C2CCCS2)C(C2CCCS2)CC1. The van der Waals surface area contributed by atoms with Gasteiger partial charge in [0.2, 0.25) is 0 Å². The summed E-state index contributed by atoms with van der Waals surface area (Å²) in [7, 11) is 0. The van der Waals surface area contributed by atoms with Crippen LogP contribution in [0.1, 0.15) is 57.8 Å². The Morgan fingerprint density at radius 2 is 1.06 bits per heavy atom. The molecule has 0 bridgehead atoms. The second-order valence-corrected chi connectivity index (χ2v) is 8.76. The molecule has 4 atom stereocenters. The molecule has 3 rings (SSSR count). The van der Waals surface area contributed by atoms with Gasteiger partial charge in [0, 0.05) is 10.5 Å². The first-order chi connectivity index (χ1) is 8.45. The van der Waals surface area contributed by atoms with Crippen molar-refractivity contribution in [1.29, 1.82) is 0 Å². The molecular formula is C15H26S2. The van der Waals surface area contributed by atoms with E-state index >= 15 is 0 Å². The molecule has 0 spiro atoms. The van der Waals surface area contributed by atoms with Crippen LogP contribution in [0, 0.1) is 11.8 Å². The van der Waals surface area contributed by atoms with Crippen molar-refractivity contribution in [3.63, 3.8) is 0 Å². The predicted molar refractivity (Wildman–Crippen MR) is 81.0 cm³/mol. The standard InChI is InChI=1S/C15H26S2/c1-2-6-12(14-8-4-10-16-14)13(7-3-1)15-9-5-11-17-15/h12-15H,1-11H2. The molecule has 0 radical (unpaired) electrons. The quantitative estimate of drug-likeness (QED) is 0.649. The van der Waals surface area contributed by atoms with Crippen molar-refractivity contribution in [2.24, 2.45) is 11.8 Å². The molecule has 17 heavy (non-hydrogen) atoms. The molecule has 98 valence electrons. The van der Waals surface area contributed by atoms with Crippen LogP contribution in [-0.2, 0) is 0 Å². The molecule has 0 N–H and O–H groups in total. The van der Waals surface area contributed by atoms with Crippen molar-refractivity contribution in [3.8, 4) is 0 Å². The smallest absolute Gasteiger partial charge is 0.00786 e. The van der Waals surface area contributed by atoms with Gasteiger partial charge < -0.3 is 0 Å². The summed E-state index contributed by atoms with van der Waals surface area (Å²) in [6.07, 6.45) is 13.7. The van der Waals surface area contributed by atoms with Crippen molar-refractivity contribution >= 4 is 23.5 Å². The molecular weight excluding hydrogens is 244 g/mol. The average molecular weight is 271 g/mol. The second kappa shape index (κ2) is 6.23. The second-order valence-electron chi connectivity index (χ2n) is 6.07. The van der Waals surface area contributed by atoms with Crippen molar-refractivity contribution < 1.29 is 0 Å². The first kappa shape index (κ1) is 12.7. The lowest BCUT2D eigenvalue weighted by molar-refractivity contribution is 0.289. The summed E-state index contributed by atoms with van der Waals surface area (Å²) >= 11 is 4.62. The van der Waals surface area contributed by atoms with Crippen LogP contribution in [0.2, 0.25) is 0 Å². The van der Waals surface area contributed by atoms with E-state index in [0.29, 0.717) is 0 Å². The lowest BCUT2D eigenvalue weighted by Gasteiger charge is -2.33. The van der Waals surface area contributed by atoms with Gasteiger partial charge in [-0.3, -0.25) is 0 Å². The molecule has 1 saturated carbocycles. The molecule has 0 aromatic rings. The molecule has 2 aliphatic heterocycles. The van der Waals surface area contributed by atoms with Gasteiger partial charge in [-0.1, -0.05) is 19.3 Å². The topological polar surface area (TPSA) is 0 Å². The molecule has 0 amide bonds. The predicted octanol–water partition coefficient (Wildman–Crippen LogP) is 4.97. The maximum Gasteiger partial charge on any atom is 0.00786 e. The van der Waals surface area contributed by atoms with Crippen LogP contribution in [0.15, 0.2) is 0 Å². The fourth-order valence-electron chi connectivity index (χ4n) is 4.17. The van der Waals surface area contributed by atoms with E-state index in [1.807, 2.05) is 0 Å². The van der Waals surface area contributed by atoms with Gasteiger partial charge in [0.1, 0.15) is 0 Å². The number of hydrogen-bond donors (Lipinski definition) is 0. The Morgan fingerprint density at radius 1 is 0.529 bits per heavy atom. The van der Waals surface area contributed by atoms with Gasteiger partial charge >= 0.3 is 0 Å². The summed E-state index contributed by atoms with van der Waals surface area (Å²) in [6.45, 7) is 0. The average Bonchev–Trinajstić information content (AvgIpc) is 2.99. The van der Waals surface area contributed by atoms with Crippen molar-refractivity contribution in [2.45, 2.75) is 68.3 Å². The van der Waals surface area contributed by atoms with Crippen molar-refractivity contribution in [1.82, 2.24) is 0 Å². The van der Waals surface area contributed by atoms with E-state index in [1.54, 1.807) is 12.8 Å². The van der Waals surface area contributed by atoms with E-state index in [9.17, 15) is 0 Å². The summed E-state index contributed by atoms with van der Waals surface area (Å²) in [5.74, 6) is 5.07. The Hall–Kier alpha value is 0.700. The lowest BCUT2D eigenvalue weighted by atomic mass is 9.80. The fourth-order valence-corrected chi connectivity index (χ4v) is 7.28. The van der Waals surface area contributed by atoms with Crippen LogP contribution < -0.4 is 0 Å². The largest absolute Gasteiger partial charge is 0.158 e. The maximum absolute atomic E-state index is 2.31. The van der Waals surface area contributed by atoms with Gasteiger partial charge in [0.25, 0.3) is 0 Å². The van der Waals surface area contributed by atoms with Gasteiger partial charge in [-0.2, -0.15) is 23.5 Å². The Balaban J connectivity index is 1.70. The van der Waals surface area contributed by atoms with Gasteiger partial charge in [0.05, 0.1) is 0 Å². The minimum Gasteiger partial charge on any atom is -0.158 e. The maximum atomic E-state index is 2.31. The molecule has 4 unspecified atom stereocenters. The van der Waals surface area contributed by atoms with Crippen LogP contribution in [-0.4, -0.2) is 22.0 Å². The molecule has 0 aromatic heterocycles. The van der Waals surface area contributed by atoms with Crippen molar-refractivity contribution in [2.75, 3.05) is 11.5 Å². The van der Waals surface area contributed by atoms with E-state index in [-0.39, 0.29) is 0 Å². The summed E-state index contributed by atoms with van der Waals surface area (Å²) in [5.41, 5.74) is 0. The summed E-state index contributed by atoms with van der Waals surface area (Å²) in [5, 5.41) is 2.08. The minimum absolute atomic E-state index is 1.04. The Kier molecular flexibility index (Phi) is 4.66. The Morgan fingerprint density at radius 3 is 1.47 bits per heavy atom.